The Morgan fingerprint density at radius 1 is 0.796 bits per heavy atom. The molecule has 1 unspecified atom stereocenters. The first kappa shape index (κ1) is 41.8. The SMILES string of the molecule is C=CCOc1c(C2O[C@H](COCCCC)[C@@H](OCCCC)[C@H](OCCCC)[C@H]2OCCCC)cc(Cc2ccc(OCC)cc2)c(Cl)c1Br. The third-order valence-electron chi connectivity index (χ3n) is 8.53. The molecule has 0 aliphatic carbocycles. The molecule has 5 atom stereocenters. The first-order valence-electron chi connectivity index (χ1n) is 18.5. The fourth-order valence-electron chi connectivity index (χ4n) is 5.81. The molecule has 1 aliphatic heterocycles. The van der Waals surface area contributed by atoms with E-state index in [0.29, 0.717) is 67.9 Å². The number of benzene rings is 2. The number of unbranched alkanes of at least 4 members (excludes halogenated alkanes) is 4. The van der Waals surface area contributed by atoms with Crippen LogP contribution in [0, 0.1) is 0 Å². The van der Waals surface area contributed by atoms with Crippen LogP contribution in [0.3, 0.4) is 0 Å². The lowest BCUT2D eigenvalue weighted by Gasteiger charge is -2.47. The minimum atomic E-state index is -0.540. The van der Waals surface area contributed by atoms with Crippen molar-refractivity contribution < 1.29 is 33.2 Å². The number of rotatable bonds is 25. The molecule has 1 fully saturated rings. The molecular weight excluding hydrogens is 708 g/mol. The summed E-state index contributed by atoms with van der Waals surface area (Å²) in [5.74, 6) is 1.45. The highest BCUT2D eigenvalue weighted by Gasteiger charge is 2.49. The molecule has 0 N–H and O–H groups in total. The van der Waals surface area contributed by atoms with Crippen LogP contribution in [0.5, 0.6) is 11.5 Å². The van der Waals surface area contributed by atoms with Gasteiger partial charge in [-0.1, -0.05) is 89.8 Å². The molecule has 0 amide bonds. The van der Waals surface area contributed by atoms with Gasteiger partial charge in [0.1, 0.15) is 48.6 Å². The third kappa shape index (κ3) is 12.8. The van der Waals surface area contributed by atoms with Crippen molar-refractivity contribution >= 4 is 27.5 Å². The lowest BCUT2D eigenvalue weighted by atomic mass is 9.88. The van der Waals surface area contributed by atoms with Gasteiger partial charge in [-0.2, -0.15) is 0 Å². The van der Waals surface area contributed by atoms with Crippen LogP contribution in [0.4, 0.5) is 0 Å². The molecule has 1 saturated heterocycles. The number of halogens is 2. The summed E-state index contributed by atoms with van der Waals surface area (Å²) in [5, 5.41) is 0.590. The molecule has 0 bridgehead atoms. The average Bonchev–Trinajstić information content (AvgIpc) is 3.10. The van der Waals surface area contributed by atoms with Gasteiger partial charge in [0.15, 0.2) is 0 Å². The molecule has 9 heteroatoms. The maximum absolute atomic E-state index is 7.10. The maximum Gasteiger partial charge on any atom is 0.141 e. The first-order valence-corrected chi connectivity index (χ1v) is 19.6. The van der Waals surface area contributed by atoms with E-state index in [9.17, 15) is 0 Å². The molecule has 0 saturated carbocycles. The summed E-state index contributed by atoms with van der Waals surface area (Å²) in [6.07, 6.45) is 8.13. The van der Waals surface area contributed by atoms with Gasteiger partial charge in [-0.3, -0.25) is 0 Å². The second kappa shape index (κ2) is 23.8. The number of hydrogen-bond acceptors (Lipinski definition) is 7. The zero-order valence-corrected chi connectivity index (χ0v) is 32.8. The molecule has 2 aromatic rings. The van der Waals surface area contributed by atoms with Crippen molar-refractivity contribution in [2.75, 3.05) is 46.2 Å². The Labute approximate surface area is 309 Å². The van der Waals surface area contributed by atoms with Crippen molar-refractivity contribution in [2.45, 2.75) is 123 Å². The molecule has 2 aromatic carbocycles. The quantitative estimate of drug-likeness (QED) is 0.0736. The van der Waals surface area contributed by atoms with Crippen molar-refractivity contribution in [2.24, 2.45) is 0 Å². The van der Waals surface area contributed by atoms with E-state index in [1.807, 2.05) is 19.1 Å². The lowest BCUT2D eigenvalue weighted by Crippen LogP contribution is -2.58. The molecule has 0 aromatic heterocycles. The molecule has 1 aliphatic rings. The summed E-state index contributed by atoms with van der Waals surface area (Å²) in [4.78, 5) is 0. The molecule has 49 heavy (non-hydrogen) atoms. The van der Waals surface area contributed by atoms with E-state index in [1.165, 1.54) is 0 Å². The van der Waals surface area contributed by atoms with Gasteiger partial charge >= 0.3 is 0 Å². The standard InChI is InChI=1S/C40H60BrClO7/c1-7-13-22-43-28-33-38(46-23-14-8-2)40(48-25-16-10-4)39(47-24-15-9-3)37(49-33)32-27-30(35(42)34(41)36(32)45-21-11-5)26-29-17-19-31(20-18-29)44-12-6/h11,17-20,27,33,37-40H,5,7-10,12-16,21-26,28H2,1-4,6H3/t33-,37?,38-,39+,40+/m1/s1. The van der Waals surface area contributed by atoms with Crippen molar-refractivity contribution in [1.82, 2.24) is 0 Å². The summed E-state index contributed by atoms with van der Waals surface area (Å²) >= 11 is 10.9. The predicted molar refractivity (Wildman–Crippen MR) is 203 cm³/mol. The van der Waals surface area contributed by atoms with Crippen molar-refractivity contribution in [1.29, 1.82) is 0 Å². The summed E-state index contributed by atoms with van der Waals surface area (Å²) in [5.41, 5.74) is 2.89. The smallest absolute Gasteiger partial charge is 0.141 e. The van der Waals surface area contributed by atoms with Gasteiger partial charge in [0.2, 0.25) is 0 Å². The largest absolute Gasteiger partial charge is 0.494 e. The van der Waals surface area contributed by atoms with Crippen LogP contribution in [0.25, 0.3) is 0 Å². The van der Waals surface area contributed by atoms with Gasteiger partial charge in [0, 0.05) is 32.0 Å². The summed E-state index contributed by atoms with van der Waals surface area (Å²) in [7, 11) is 0. The van der Waals surface area contributed by atoms with Crippen LogP contribution in [0.2, 0.25) is 5.02 Å². The minimum absolute atomic E-state index is 0.303. The number of hydrogen-bond donors (Lipinski definition) is 0. The lowest BCUT2D eigenvalue weighted by molar-refractivity contribution is -0.268. The summed E-state index contributed by atoms with van der Waals surface area (Å²) < 4.78 is 46.2. The second-order valence-corrected chi connectivity index (χ2v) is 13.7. The van der Waals surface area contributed by atoms with Crippen LogP contribution in [-0.2, 0) is 30.1 Å². The monoisotopic (exact) mass is 766 g/mol. The Bertz CT molecular complexity index is 1210. The molecule has 276 valence electrons. The van der Waals surface area contributed by atoms with E-state index in [-0.39, 0.29) is 18.3 Å². The van der Waals surface area contributed by atoms with Crippen molar-refractivity contribution in [3.05, 3.63) is 69.2 Å². The minimum Gasteiger partial charge on any atom is -0.494 e. The van der Waals surface area contributed by atoms with Gasteiger partial charge < -0.3 is 33.2 Å². The van der Waals surface area contributed by atoms with Crippen LogP contribution >= 0.6 is 27.5 Å². The summed E-state index contributed by atoms with van der Waals surface area (Å²) in [6, 6.07) is 10.2. The van der Waals surface area contributed by atoms with E-state index in [1.54, 1.807) is 6.08 Å². The van der Waals surface area contributed by atoms with E-state index < -0.39 is 12.2 Å². The highest BCUT2D eigenvalue weighted by molar-refractivity contribution is 9.10. The third-order valence-corrected chi connectivity index (χ3v) is 9.95. The second-order valence-electron chi connectivity index (χ2n) is 12.5. The highest BCUT2D eigenvalue weighted by atomic mass is 79.9. The Balaban J connectivity index is 2.16. The Hall–Kier alpha value is -1.65. The predicted octanol–water partition coefficient (Wildman–Crippen LogP) is 10.5. The molecule has 0 radical (unpaired) electrons. The van der Waals surface area contributed by atoms with Crippen molar-refractivity contribution in [3.8, 4) is 11.5 Å². The summed E-state index contributed by atoms with van der Waals surface area (Å²) in [6.45, 7) is 18.3. The zero-order valence-electron chi connectivity index (χ0n) is 30.5. The van der Waals surface area contributed by atoms with Crippen LogP contribution in [0.15, 0.2) is 47.5 Å². The Morgan fingerprint density at radius 2 is 1.39 bits per heavy atom. The molecule has 1 heterocycles. The van der Waals surface area contributed by atoms with E-state index in [4.69, 9.17) is 44.8 Å². The van der Waals surface area contributed by atoms with Crippen LogP contribution in [-0.4, -0.2) is 70.7 Å². The fraction of sp³-hybridized carbons (Fsp3) is 0.650. The topological polar surface area (TPSA) is 64.6 Å². The van der Waals surface area contributed by atoms with Crippen LogP contribution < -0.4 is 9.47 Å². The van der Waals surface area contributed by atoms with Gasteiger partial charge in [0.05, 0.1) is 22.7 Å². The molecule has 0 spiro atoms. The van der Waals surface area contributed by atoms with E-state index >= 15 is 0 Å². The Kier molecular flexibility index (Phi) is 20.2. The molecule has 7 nitrogen and oxygen atoms in total. The van der Waals surface area contributed by atoms with Gasteiger partial charge in [-0.25, -0.2) is 0 Å². The van der Waals surface area contributed by atoms with E-state index in [2.05, 4.69) is 68.4 Å². The van der Waals surface area contributed by atoms with E-state index in [0.717, 1.165) is 73.8 Å². The average molecular weight is 768 g/mol. The Morgan fingerprint density at radius 3 is 1.98 bits per heavy atom. The molecular formula is C40H60BrClO7. The van der Waals surface area contributed by atoms with Crippen LogP contribution in [0.1, 0.15) is 109 Å². The molecule has 3 rings (SSSR count). The highest BCUT2D eigenvalue weighted by Crippen LogP contribution is 2.47. The maximum atomic E-state index is 7.10. The van der Waals surface area contributed by atoms with Gasteiger partial charge in [-0.15, -0.1) is 0 Å². The zero-order chi connectivity index (χ0) is 35.4. The fourth-order valence-corrected chi connectivity index (χ4v) is 6.62. The van der Waals surface area contributed by atoms with Gasteiger partial charge in [0.25, 0.3) is 0 Å². The van der Waals surface area contributed by atoms with Crippen molar-refractivity contribution in [3.63, 3.8) is 0 Å². The van der Waals surface area contributed by atoms with Gasteiger partial charge in [-0.05, 0) is 84.3 Å². The normalized spacial score (nSPS) is 20.8. The first-order chi connectivity index (χ1) is 23.9. The number of ether oxygens (including phenoxy) is 7.